The van der Waals surface area contributed by atoms with Gasteiger partial charge in [0.15, 0.2) is 5.82 Å². The molecule has 31 heavy (non-hydrogen) atoms. The summed E-state index contributed by atoms with van der Waals surface area (Å²) in [4.78, 5) is 9.18. The van der Waals surface area contributed by atoms with E-state index in [9.17, 15) is 13.2 Å². The van der Waals surface area contributed by atoms with Crippen LogP contribution >= 0.6 is 0 Å². The number of hydrogen-bond acceptors (Lipinski definition) is 3. The number of halogens is 3. The van der Waals surface area contributed by atoms with Crippen LogP contribution in [0.1, 0.15) is 31.9 Å². The standard InChI is InChI=1S/C25H22F3N3/c1-24(2,3)17-12-14-19(15-13-17)29-23-20-6-4-5-7-21(20)30-22(31-23)16-8-10-18(11-9-16)25(26,27)28/h4-15H,1-3H3,(H,29,30,31). The lowest BCUT2D eigenvalue weighted by molar-refractivity contribution is -0.137. The third-order valence-corrected chi connectivity index (χ3v) is 5.09. The highest BCUT2D eigenvalue weighted by atomic mass is 19.4. The summed E-state index contributed by atoms with van der Waals surface area (Å²) in [6.45, 7) is 6.47. The minimum atomic E-state index is -4.38. The van der Waals surface area contributed by atoms with E-state index < -0.39 is 11.7 Å². The Labute approximate surface area is 179 Å². The van der Waals surface area contributed by atoms with Crippen LogP contribution in [0.5, 0.6) is 0 Å². The maximum absolute atomic E-state index is 12.9. The molecule has 1 heterocycles. The van der Waals surface area contributed by atoms with E-state index in [-0.39, 0.29) is 5.41 Å². The minimum Gasteiger partial charge on any atom is -0.340 e. The molecule has 0 fully saturated rings. The molecule has 0 amide bonds. The number of aromatic nitrogens is 2. The highest BCUT2D eigenvalue weighted by Crippen LogP contribution is 2.32. The molecule has 0 saturated carbocycles. The van der Waals surface area contributed by atoms with Gasteiger partial charge in [-0.2, -0.15) is 13.2 Å². The van der Waals surface area contributed by atoms with Crippen molar-refractivity contribution in [1.82, 2.24) is 9.97 Å². The van der Waals surface area contributed by atoms with Crippen molar-refractivity contribution >= 4 is 22.4 Å². The van der Waals surface area contributed by atoms with E-state index in [0.717, 1.165) is 23.2 Å². The van der Waals surface area contributed by atoms with E-state index in [1.807, 2.05) is 36.4 Å². The van der Waals surface area contributed by atoms with Gasteiger partial charge < -0.3 is 5.32 Å². The van der Waals surface area contributed by atoms with Gasteiger partial charge in [0.2, 0.25) is 0 Å². The van der Waals surface area contributed by atoms with Gasteiger partial charge in [-0.3, -0.25) is 0 Å². The molecule has 4 aromatic rings. The van der Waals surface area contributed by atoms with Crippen molar-refractivity contribution in [3.63, 3.8) is 0 Å². The second-order valence-electron chi connectivity index (χ2n) is 8.44. The summed E-state index contributed by atoms with van der Waals surface area (Å²) >= 11 is 0. The number of anilines is 2. The first kappa shape index (κ1) is 20.8. The summed E-state index contributed by atoms with van der Waals surface area (Å²) < 4.78 is 38.7. The third kappa shape index (κ3) is 4.53. The molecule has 4 rings (SSSR count). The van der Waals surface area contributed by atoms with Gasteiger partial charge in [0.1, 0.15) is 5.82 Å². The summed E-state index contributed by atoms with van der Waals surface area (Å²) in [7, 11) is 0. The summed E-state index contributed by atoms with van der Waals surface area (Å²) in [5.41, 5.74) is 2.67. The first-order chi connectivity index (χ1) is 14.6. The molecule has 6 heteroatoms. The molecule has 1 N–H and O–H groups in total. The lowest BCUT2D eigenvalue weighted by atomic mass is 9.87. The van der Waals surface area contributed by atoms with Crippen molar-refractivity contribution in [2.75, 3.05) is 5.32 Å². The fraction of sp³-hybridized carbons (Fsp3) is 0.200. The highest BCUT2D eigenvalue weighted by Gasteiger charge is 2.30. The zero-order chi connectivity index (χ0) is 22.2. The fourth-order valence-electron chi connectivity index (χ4n) is 3.30. The predicted octanol–water partition coefficient (Wildman–Crippen LogP) is 7.36. The van der Waals surface area contributed by atoms with Gasteiger partial charge in [0.05, 0.1) is 11.1 Å². The summed E-state index contributed by atoms with van der Waals surface area (Å²) in [5.74, 6) is 0.963. The van der Waals surface area contributed by atoms with E-state index in [4.69, 9.17) is 0 Å². The summed E-state index contributed by atoms with van der Waals surface area (Å²) in [6.07, 6.45) is -4.38. The van der Waals surface area contributed by atoms with Gasteiger partial charge in [-0.1, -0.05) is 57.2 Å². The molecular weight excluding hydrogens is 399 g/mol. The first-order valence-electron chi connectivity index (χ1n) is 9.93. The zero-order valence-electron chi connectivity index (χ0n) is 17.5. The van der Waals surface area contributed by atoms with E-state index >= 15 is 0 Å². The number of benzene rings is 3. The number of hydrogen-bond donors (Lipinski definition) is 1. The van der Waals surface area contributed by atoms with Crippen LogP contribution in [0.2, 0.25) is 0 Å². The molecule has 0 unspecified atom stereocenters. The minimum absolute atomic E-state index is 0.0515. The summed E-state index contributed by atoms with van der Waals surface area (Å²) in [6, 6.07) is 20.6. The van der Waals surface area contributed by atoms with Crippen LogP contribution in [0.4, 0.5) is 24.7 Å². The van der Waals surface area contributed by atoms with Crippen molar-refractivity contribution in [3.05, 3.63) is 83.9 Å². The Bertz CT molecular complexity index is 1210. The molecule has 158 valence electrons. The highest BCUT2D eigenvalue weighted by molar-refractivity contribution is 5.92. The number of nitrogens with one attached hydrogen (secondary N) is 1. The van der Waals surface area contributed by atoms with Crippen LogP contribution in [0.15, 0.2) is 72.8 Å². The van der Waals surface area contributed by atoms with Crippen LogP contribution in [0, 0.1) is 0 Å². The quantitative estimate of drug-likeness (QED) is 0.376. The average Bonchev–Trinajstić information content (AvgIpc) is 2.73. The Balaban J connectivity index is 1.73. The topological polar surface area (TPSA) is 37.8 Å². The summed E-state index contributed by atoms with van der Waals surface area (Å²) in [5, 5.41) is 4.17. The van der Waals surface area contributed by atoms with Crippen LogP contribution < -0.4 is 5.32 Å². The average molecular weight is 421 g/mol. The van der Waals surface area contributed by atoms with Gasteiger partial charge in [-0.15, -0.1) is 0 Å². The normalized spacial score (nSPS) is 12.2. The third-order valence-electron chi connectivity index (χ3n) is 5.09. The smallest absolute Gasteiger partial charge is 0.340 e. The van der Waals surface area contributed by atoms with E-state index in [2.05, 4.69) is 48.2 Å². The molecule has 0 spiro atoms. The number of nitrogens with zero attached hydrogens (tertiary/aromatic N) is 2. The lowest BCUT2D eigenvalue weighted by Gasteiger charge is -2.19. The Morgan fingerprint density at radius 1 is 0.710 bits per heavy atom. The van der Waals surface area contributed by atoms with Crippen LogP contribution in [-0.2, 0) is 11.6 Å². The first-order valence-corrected chi connectivity index (χ1v) is 9.93. The molecular formula is C25H22F3N3. The molecule has 1 aromatic heterocycles. The molecule has 0 atom stereocenters. The second kappa shape index (κ2) is 7.69. The molecule has 3 aromatic carbocycles. The van der Waals surface area contributed by atoms with Crippen molar-refractivity contribution in [2.45, 2.75) is 32.4 Å². The SMILES string of the molecule is CC(C)(C)c1ccc(Nc2nc(-c3ccc(C(F)(F)F)cc3)nc3ccccc23)cc1. The van der Waals surface area contributed by atoms with Gasteiger partial charge in [0.25, 0.3) is 0 Å². The molecule has 0 saturated heterocycles. The largest absolute Gasteiger partial charge is 0.416 e. The van der Waals surface area contributed by atoms with E-state index in [1.54, 1.807) is 0 Å². The molecule has 3 nitrogen and oxygen atoms in total. The second-order valence-corrected chi connectivity index (χ2v) is 8.44. The predicted molar refractivity (Wildman–Crippen MR) is 118 cm³/mol. The Morgan fingerprint density at radius 2 is 1.32 bits per heavy atom. The van der Waals surface area contributed by atoms with Gasteiger partial charge in [0, 0.05) is 16.6 Å². The van der Waals surface area contributed by atoms with Gasteiger partial charge >= 0.3 is 6.18 Å². The van der Waals surface area contributed by atoms with Gasteiger partial charge in [-0.05, 0) is 47.4 Å². The monoisotopic (exact) mass is 421 g/mol. The molecule has 0 aliphatic carbocycles. The van der Waals surface area contributed by atoms with Crippen molar-refractivity contribution in [1.29, 1.82) is 0 Å². The van der Waals surface area contributed by atoms with Crippen LogP contribution in [0.25, 0.3) is 22.3 Å². The maximum Gasteiger partial charge on any atom is 0.416 e. The van der Waals surface area contributed by atoms with E-state index in [1.165, 1.54) is 17.7 Å². The lowest BCUT2D eigenvalue weighted by Crippen LogP contribution is -2.10. The molecule has 0 radical (unpaired) electrons. The van der Waals surface area contributed by atoms with Gasteiger partial charge in [-0.25, -0.2) is 9.97 Å². The Morgan fingerprint density at radius 3 is 1.94 bits per heavy atom. The Hall–Kier alpha value is -3.41. The number of alkyl halides is 3. The maximum atomic E-state index is 12.9. The van der Waals surface area contributed by atoms with Crippen molar-refractivity contribution in [2.24, 2.45) is 0 Å². The number of fused-ring (bicyclic) bond motifs is 1. The number of rotatable bonds is 3. The van der Waals surface area contributed by atoms with E-state index in [0.29, 0.717) is 22.7 Å². The fourth-order valence-corrected chi connectivity index (χ4v) is 3.30. The zero-order valence-corrected chi connectivity index (χ0v) is 17.5. The Kier molecular flexibility index (Phi) is 5.17. The molecule has 0 aliphatic heterocycles. The van der Waals surface area contributed by atoms with Crippen LogP contribution in [-0.4, -0.2) is 9.97 Å². The van der Waals surface area contributed by atoms with Crippen LogP contribution in [0.3, 0.4) is 0 Å². The van der Waals surface area contributed by atoms with Crippen molar-refractivity contribution in [3.8, 4) is 11.4 Å². The number of para-hydroxylation sites is 1. The van der Waals surface area contributed by atoms with Crippen molar-refractivity contribution < 1.29 is 13.2 Å². The molecule has 0 aliphatic rings. The molecule has 0 bridgehead atoms.